The molecule has 0 unspecified atom stereocenters. The molecule has 0 aliphatic rings. The van der Waals surface area contributed by atoms with Crippen molar-refractivity contribution in [3.63, 3.8) is 0 Å². The Labute approximate surface area is 341 Å². The van der Waals surface area contributed by atoms with Crippen LogP contribution in [0.5, 0.6) is 0 Å². The summed E-state index contributed by atoms with van der Waals surface area (Å²) >= 11 is 0. The Balaban J connectivity index is 0.000000345. The zero-order valence-corrected chi connectivity index (χ0v) is 31.3. The van der Waals surface area contributed by atoms with Crippen LogP contribution in [0, 0.1) is 116 Å². The van der Waals surface area contributed by atoms with Crippen molar-refractivity contribution in [2.45, 2.75) is 39.2 Å². The summed E-state index contributed by atoms with van der Waals surface area (Å²) in [5.74, 6) is -71.4. The van der Waals surface area contributed by atoms with Crippen molar-refractivity contribution in [3.8, 4) is 0 Å². The Morgan fingerprint density at radius 3 is 0.873 bits per heavy atom. The van der Waals surface area contributed by atoms with E-state index in [1.165, 1.54) is 36.8 Å². The van der Waals surface area contributed by atoms with Crippen molar-refractivity contribution in [3.05, 3.63) is 182 Å². The van der Waals surface area contributed by atoms with Gasteiger partial charge in [0.05, 0.1) is 0 Å². The fourth-order valence-electron chi connectivity index (χ4n) is 7.01. The predicted octanol–water partition coefficient (Wildman–Crippen LogP) is 9.60. The van der Waals surface area contributed by atoms with Gasteiger partial charge in [-0.05, 0) is 18.4 Å². The maximum Gasteiger partial charge on any atom is 0.200 e. The maximum absolute atomic E-state index is 15.4. The van der Waals surface area contributed by atoms with Crippen LogP contribution in [0.15, 0.2) is 54.9 Å². The number of benzene rings is 5. The van der Waals surface area contributed by atoms with Crippen LogP contribution in [-0.4, -0.2) is 6.15 Å². The predicted molar refractivity (Wildman–Crippen MR) is 185 cm³/mol. The first-order valence-electron chi connectivity index (χ1n) is 17.8. The van der Waals surface area contributed by atoms with E-state index < -0.39 is 144 Å². The van der Waals surface area contributed by atoms with Crippen molar-refractivity contribution >= 4 is 28.0 Å². The largest absolute Gasteiger partial charge is 0.207 e. The Bertz CT molecular complexity index is 2330. The van der Waals surface area contributed by atoms with Gasteiger partial charge in [-0.2, -0.15) is 0 Å². The summed E-state index contributed by atoms with van der Waals surface area (Å²) in [5, 5.41) is 0. The van der Waals surface area contributed by atoms with Crippen molar-refractivity contribution in [2.75, 3.05) is 0 Å². The third kappa shape index (κ3) is 8.19. The van der Waals surface area contributed by atoms with E-state index in [2.05, 4.69) is 66.3 Å². The van der Waals surface area contributed by atoms with E-state index in [0.29, 0.717) is 0 Å². The van der Waals surface area contributed by atoms with Crippen LogP contribution in [0.1, 0.15) is 37.3 Å². The van der Waals surface area contributed by atoms with Gasteiger partial charge < -0.3 is 0 Å². The average Bonchev–Trinajstić information content (AvgIpc) is 3.27. The second-order valence-corrected chi connectivity index (χ2v) is 13.6. The van der Waals surface area contributed by atoms with Crippen molar-refractivity contribution in [1.82, 2.24) is 0 Å². The fraction of sp³-hybridized carbons (Fsp3) is 0.146. The lowest BCUT2D eigenvalue weighted by molar-refractivity contribution is -0.688. The summed E-state index contributed by atoms with van der Waals surface area (Å²) in [4.78, 5) is 0. The van der Waals surface area contributed by atoms with E-state index in [9.17, 15) is 52.7 Å². The first-order chi connectivity index (χ1) is 29.6. The van der Waals surface area contributed by atoms with E-state index in [1.54, 1.807) is 0 Å². The smallest absolute Gasteiger partial charge is 0.200 e. The molecular weight excluding hydrogens is 897 g/mol. The minimum atomic E-state index is -7.22. The molecule has 6 rings (SSSR count). The number of unbranched alkanes of at least 4 members (excludes halogenated alkanes) is 2. The van der Waals surface area contributed by atoms with E-state index in [4.69, 9.17) is 0 Å². The SMILES string of the molecule is CCCCCc1cc[n+](Cc2ccccc2)cc1.Fc1c(F)c(F)c([B-](c2c(F)c(F)c(F)c(F)c2F)(c2c(F)c(F)c(F)c(F)c2F)c2c(F)c(F)c(F)c(F)c2F)c(F)c1F. The van der Waals surface area contributed by atoms with Gasteiger partial charge in [-0.15, -0.1) is 21.9 Å². The minimum Gasteiger partial charge on any atom is -0.207 e. The highest BCUT2D eigenvalue weighted by molar-refractivity contribution is 7.20. The van der Waals surface area contributed by atoms with Crippen LogP contribution >= 0.6 is 0 Å². The molecule has 0 N–H and O–H groups in total. The molecule has 0 spiro atoms. The van der Waals surface area contributed by atoms with Crippen LogP contribution in [0.2, 0.25) is 0 Å². The van der Waals surface area contributed by atoms with Gasteiger partial charge in [-0.3, -0.25) is 0 Å². The molecule has 22 heteroatoms. The molecule has 0 bridgehead atoms. The highest BCUT2D eigenvalue weighted by Crippen LogP contribution is 2.30. The molecule has 1 heterocycles. The lowest BCUT2D eigenvalue weighted by Crippen LogP contribution is -2.81. The molecule has 0 saturated carbocycles. The average molecular weight is 919 g/mol. The van der Waals surface area contributed by atoms with Gasteiger partial charge in [-0.25, -0.2) is 92.4 Å². The van der Waals surface area contributed by atoms with Crippen LogP contribution in [0.25, 0.3) is 0 Å². The number of hydrogen-bond donors (Lipinski definition) is 0. The second kappa shape index (κ2) is 18.7. The van der Waals surface area contributed by atoms with Crippen LogP contribution < -0.4 is 26.4 Å². The molecule has 0 fully saturated rings. The summed E-state index contributed by atoms with van der Waals surface area (Å²) in [5.41, 5.74) is -11.5. The zero-order chi connectivity index (χ0) is 47.0. The van der Waals surface area contributed by atoms with Crippen LogP contribution in [-0.2, 0) is 13.0 Å². The lowest BCUT2D eigenvalue weighted by atomic mass is 9.12. The molecule has 1 aromatic heterocycles. The number of aromatic nitrogens is 1. The number of pyridine rings is 1. The number of hydrogen-bond acceptors (Lipinski definition) is 0. The molecule has 6 aromatic rings. The van der Waals surface area contributed by atoms with Gasteiger partial charge in [-0.1, -0.05) is 50.1 Å². The van der Waals surface area contributed by atoms with E-state index >= 15 is 35.1 Å². The monoisotopic (exact) mass is 919 g/mol. The Morgan fingerprint density at radius 1 is 0.333 bits per heavy atom. The molecule has 1 nitrogen and oxygen atoms in total. The van der Waals surface area contributed by atoms with Crippen molar-refractivity contribution in [1.29, 1.82) is 0 Å². The highest BCUT2D eigenvalue weighted by atomic mass is 19.2. The zero-order valence-electron chi connectivity index (χ0n) is 31.3. The molecule has 0 amide bonds. The van der Waals surface area contributed by atoms with Gasteiger partial charge in [0.25, 0.3) is 0 Å². The molecule has 0 aliphatic carbocycles. The number of nitrogens with zero attached hydrogens (tertiary/aromatic N) is 1. The first kappa shape index (κ1) is 48.0. The summed E-state index contributed by atoms with van der Waals surface area (Å²) in [6, 6.07) is 15.1. The molecule has 5 aromatic carbocycles. The molecule has 63 heavy (non-hydrogen) atoms. The number of aryl methyl sites for hydroxylation is 1. The molecule has 0 radical (unpaired) electrons. The Hall–Kier alpha value is -6.09. The van der Waals surface area contributed by atoms with Crippen molar-refractivity contribution in [2.24, 2.45) is 0 Å². The minimum absolute atomic E-state index is 0.954. The second-order valence-electron chi connectivity index (χ2n) is 13.6. The molecule has 0 atom stereocenters. The van der Waals surface area contributed by atoms with Crippen LogP contribution in [0.4, 0.5) is 87.8 Å². The summed E-state index contributed by atoms with van der Waals surface area (Å²) in [7, 11) is 0. The Kier molecular flexibility index (Phi) is 14.2. The third-order valence-corrected chi connectivity index (χ3v) is 9.94. The standard InChI is InChI=1S/C24BF20.C17H22N/c26-5-1(6(27)14(35)21(42)13(5)34)25(2-7(28)15(36)22(43)16(37)8(2)29,3-9(30)17(38)23(44)18(39)10(3)31)4-11(32)19(40)24(45)20(41)12(4)33;1-2-3-5-8-16-11-13-18(14-12-16)15-17-9-6-4-7-10-17/h;4,6-7,9-14H,2-3,5,8,15H2,1H3/q-1;+1. The molecule has 0 saturated heterocycles. The summed E-state index contributed by atoms with van der Waals surface area (Å²) in [6.45, 7) is 3.20. The van der Waals surface area contributed by atoms with Crippen molar-refractivity contribution < 1.29 is 92.4 Å². The summed E-state index contributed by atoms with van der Waals surface area (Å²) < 4.78 is 296. The Morgan fingerprint density at radius 2 is 0.603 bits per heavy atom. The highest BCUT2D eigenvalue weighted by Gasteiger charge is 2.52. The first-order valence-corrected chi connectivity index (χ1v) is 17.8. The van der Waals surface area contributed by atoms with Gasteiger partial charge in [0, 0.05) is 17.7 Å². The van der Waals surface area contributed by atoms with Gasteiger partial charge in [0.1, 0.15) is 52.7 Å². The molecule has 334 valence electrons. The van der Waals surface area contributed by atoms with Gasteiger partial charge in [0.2, 0.25) is 0 Å². The normalized spacial score (nSPS) is 11.6. The maximum atomic E-state index is 15.4. The summed E-state index contributed by atoms with van der Waals surface area (Å²) in [6.07, 6.45) is 2.30. The van der Waals surface area contributed by atoms with E-state index in [0.717, 1.165) is 6.54 Å². The quantitative estimate of drug-likeness (QED) is 0.0322. The fourth-order valence-corrected chi connectivity index (χ4v) is 7.01. The van der Waals surface area contributed by atoms with E-state index in [1.807, 2.05) is 0 Å². The molecule has 0 aliphatic heterocycles. The lowest BCUT2D eigenvalue weighted by Gasteiger charge is -2.44. The molecular formula is C41H22BF20N. The van der Waals surface area contributed by atoms with Crippen LogP contribution in [0.3, 0.4) is 0 Å². The third-order valence-electron chi connectivity index (χ3n) is 9.94. The number of halogens is 20. The van der Waals surface area contributed by atoms with Gasteiger partial charge in [0.15, 0.2) is 88.7 Å². The van der Waals surface area contributed by atoms with Gasteiger partial charge >= 0.3 is 0 Å². The van der Waals surface area contributed by atoms with E-state index in [-0.39, 0.29) is 0 Å². The number of rotatable bonds is 10. The topological polar surface area (TPSA) is 3.88 Å².